The summed E-state index contributed by atoms with van der Waals surface area (Å²) in [6, 6.07) is 6.52. The van der Waals surface area contributed by atoms with Gasteiger partial charge >= 0.3 is 6.01 Å². The van der Waals surface area contributed by atoms with Crippen LogP contribution in [0.5, 0.6) is 11.8 Å². The first-order chi connectivity index (χ1) is 23.1. The quantitative estimate of drug-likeness (QED) is 0.176. The molecule has 8 rings (SSSR count). The van der Waals surface area contributed by atoms with Crippen LogP contribution in [-0.2, 0) is 11.2 Å². The molecule has 8 nitrogen and oxygen atoms in total. The maximum absolute atomic E-state index is 16.9. The Bertz CT molecular complexity index is 1970. The molecule has 0 radical (unpaired) electrons. The molecule has 1 aromatic heterocycles. The predicted octanol–water partition coefficient (Wildman–Crippen LogP) is 6.34. The molecular weight excluding hydrogens is 626 g/mol. The van der Waals surface area contributed by atoms with Gasteiger partial charge in [0.15, 0.2) is 5.82 Å². The summed E-state index contributed by atoms with van der Waals surface area (Å²) in [5.41, 5.74) is -1.07. The van der Waals surface area contributed by atoms with Crippen molar-refractivity contribution in [1.82, 2.24) is 20.2 Å². The van der Waals surface area contributed by atoms with Gasteiger partial charge in [-0.2, -0.15) is 9.97 Å². The van der Waals surface area contributed by atoms with Gasteiger partial charge in [-0.3, -0.25) is 9.69 Å². The maximum Gasteiger partial charge on any atom is 0.319 e. The first kappa shape index (κ1) is 31.1. The number of hydrogen-bond donors (Lipinski definition) is 2. The fourth-order valence-electron chi connectivity index (χ4n) is 8.84. The number of nitrogens with one attached hydrogen (secondary N) is 1. The number of halogens is 4. The molecule has 3 aromatic carbocycles. The van der Waals surface area contributed by atoms with Crippen molar-refractivity contribution in [3.63, 3.8) is 0 Å². The molecule has 0 saturated carbocycles. The van der Waals surface area contributed by atoms with Crippen LogP contribution in [0.3, 0.4) is 0 Å². The second-order valence-corrected chi connectivity index (χ2v) is 13.9. The number of piperidine rings is 1. The van der Waals surface area contributed by atoms with Gasteiger partial charge in [-0.25, -0.2) is 17.6 Å². The van der Waals surface area contributed by atoms with E-state index in [0.29, 0.717) is 49.7 Å². The van der Waals surface area contributed by atoms with Crippen LogP contribution in [0, 0.1) is 17.5 Å². The molecule has 4 aromatic rings. The second-order valence-electron chi connectivity index (χ2n) is 13.9. The van der Waals surface area contributed by atoms with Crippen LogP contribution in [0.1, 0.15) is 57.4 Å². The predicted molar refractivity (Wildman–Crippen MR) is 173 cm³/mol. The van der Waals surface area contributed by atoms with Crippen molar-refractivity contribution in [2.75, 3.05) is 37.7 Å². The number of carbonyl (C=O) groups is 1. The van der Waals surface area contributed by atoms with Crippen LogP contribution in [0.4, 0.5) is 23.4 Å². The number of phenolic OH excluding ortho intramolecular Hbond substituents is 1. The highest BCUT2D eigenvalue weighted by molar-refractivity contribution is 6.03. The minimum Gasteiger partial charge on any atom is -0.508 e. The fraction of sp³-hybridized carbons (Fsp3) is 0.472. The van der Waals surface area contributed by atoms with E-state index >= 15 is 8.78 Å². The van der Waals surface area contributed by atoms with Crippen molar-refractivity contribution >= 4 is 33.4 Å². The Kier molecular flexibility index (Phi) is 7.43. The zero-order chi connectivity index (χ0) is 33.4. The number of aryl methyl sites for hydroxylation is 1. The fourth-order valence-corrected chi connectivity index (χ4v) is 8.84. The van der Waals surface area contributed by atoms with E-state index < -0.39 is 34.7 Å². The molecule has 1 unspecified atom stereocenters. The van der Waals surface area contributed by atoms with E-state index in [4.69, 9.17) is 4.74 Å². The Balaban J connectivity index is 1.25. The summed E-state index contributed by atoms with van der Waals surface area (Å²) in [7, 11) is 0. The minimum atomic E-state index is -0.989. The van der Waals surface area contributed by atoms with E-state index in [-0.39, 0.29) is 64.1 Å². The Morgan fingerprint density at radius 3 is 2.69 bits per heavy atom. The number of β-lactam (4-membered cyclic amide) rings is 1. The van der Waals surface area contributed by atoms with Gasteiger partial charge in [-0.05, 0) is 91.2 Å². The smallest absolute Gasteiger partial charge is 0.319 e. The number of anilines is 1. The number of ether oxygens (including phenoxy) is 1. The third-order valence-electron chi connectivity index (χ3n) is 11.0. The number of phenols is 1. The lowest BCUT2D eigenvalue weighted by molar-refractivity contribution is -0.133. The van der Waals surface area contributed by atoms with E-state index in [1.165, 1.54) is 30.3 Å². The largest absolute Gasteiger partial charge is 0.508 e. The SMILES string of the molecule is CCc1c(F)ccc2cc(O)cc(-c3c(F)cc4c(N5CCCC6(CC(=O)N6)C5)nc(OCC[C@@]56CCCN5C[C@H](F)C6)nc4c3F)c12. The Labute approximate surface area is 275 Å². The van der Waals surface area contributed by atoms with Crippen molar-refractivity contribution in [2.24, 2.45) is 0 Å². The highest BCUT2D eigenvalue weighted by Gasteiger charge is 2.49. The van der Waals surface area contributed by atoms with Gasteiger partial charge in [0.2, 0.25) is 5.91 Å². The average molecular weight is 664 g/mol. The summed E-state index contributed by atoms with van der Waals surface area (Å²) < 4.78 is 68.7. The van der Waals surface area contributed by atoms with E-state index in [2.05, 4.69) is 20.2 Å². The first-order valence-corrected chi connectivity index (χ1v) is 16.8. The Hall–Kier alpha value is -4.19. The summed E-state index contributed by atoms with van der Waals surface area (Å²) in [6.07, 6.45) is 4.11. The average Bonchev–Trinajstić information content (AvgIpc) is 3.56. The van der Waals surface area contributed by atoms with Crippen LogP contribution >= 0.6 is 0 Å². The molecule has 48 heavy (non-hydrogen) atoms. The molecule has 252 valence electrons. The highest BCUT2D eigenvalue weighted by atomic mass is 19.1. The van der Waals surface area contributed by atoms with Crippen LogP contribution < -0.4 is 15.0 Å². The molecule has 12 heteroatoms. The van der Waals surface area contributed by atoms with Gasteiger partial charge in [0.05, 0.1) is 24.1 Å². The van der Waals surface area contributed by atoms with Crippen molar-refractivity contribution in [2.45, 2.75) is 75.5 Å². The van der Waals surface area contributed by atoms with Gasteiger partial charge in [0, 0.05) is 37.0 Å². The third-order valence-corrected chi connectivity index (χ3v) is 11.0. The summed E-state index contributed by atoms with van der Waals surface area (Å²) in [4.78, 5) is 25.2. The standard InChI is InChI=1S/C36H37F4N5O3/c1-2-23-26(38)6-5-20-13-22(46)14-24(29(20)23)30-27(39)15-25-32(31(30)40)41-34(48-12-9-36-8-4-11-45(36)18-21(37)16-36)42-33(25)44-10-3-7-35(19-44)17-28(47)43-35/h5-6,13-15,21,46H,2-4,7-12,16-19H2,1H3,(H,43,47)/t21-,35?,36-/m1/s1. The number of alkyl halides is 1. The number of benzene rings is 3. The van der Waals surface area contributed by atoms with Crippen molar-refractivity contribution in [1.29, 1.82) is 0 Å². The first-order valence-electron chi connectivity index (χ1n) is 16.8. The minimum absolute atomic E-state index is 0.0115. The number of fused-ring (bicyclic) bond motifs is 3. The van der Waals surface area contributed by atoms with Crippen LogP contribution in [0.2, 0.25) is 0 Å². The molecular formula is C36H37F4N5O3. The third kappa shape index (κ3) is 5.02. The number of rotatable bonds is 7. The second kappa shape index (κ2) is 11.5. The molecule has 4 aliphatic rings. The number of amides is 1. The lowest BCUT2D eigenvalue weighted by atomic mass is 9.79. The molecule has 1 amide bonds. The van der Waals surface area contributed by atoms with Crippen molar-refractivity contribution in [3.8, 4) is 22.9 Å². The number of hydrogen-bond acceptors (Lipinski definition) is 7. The molecule has 1 spiro atoms. The monoisotopic (exact) mass is 663 g/mol. The van der Waals surface area contributed by atoms with Gasteiger partial charge in [0.25, 0.3) is 0 Å². The summed E-state index contributed by atoms with van der Waals surface area (Å²) in [5.74, 6) is -2.39. The summed E-state index contributed by atoms with van der Waals surface area (Å²) in [5, 5.41) is 14.5. The molecule has 0 aliphatic carbocycles. The normalized spacial score (nSPS) is 25.6. The van der Waals surface area contributed by atoms with E-state index in [1.807, 2.05) is 4.90 Å². The van der Waals surface area contributed by atoms with Crippen LogP contribution in [0.15, 0.2) is 30.3 Å². The van der Waals surface area contributed by atoms with E-state index in [9.17, 15) is 18.7 Å². The topological polar surface area (TPSA) is 90.8 Å². The number of carbonyl (C=O) groups excluding carboxylic acids is 1. The van der Waals surface area contributed by atoms with E-state index in [1.54, 1.807) is 6.92 Å². The van der Waals surface area contributed by atoms with Gasteiger partial charge < -0.3 is 20.1 Å². The van der Waals surface area contributed by atoms with Gasteiger partial charge in [-0.15, -0.1) is 0 Å². The lowest BCUT2D eigenvalue weighted by Crippen LogP contribution is -2.68. The van der Waals surface area contributed by atoms with Gasteiger partial charge in [0.1, 0.15) is 34.9 Å². The summed E-state index contributed by atoms with van der Waals surface area (Å²) in [6.45, 7) is 4.14. The number of nitrogens with zero attached hydrogens (tertiary/aromatic N) is 4. The molecule has 5 heterocycles. The number of aromatic nitrogens is 2. The molecule has 4 aliphatic heterocycles. The summed E-state index contributed by atoms with van der Waals surface area (Å²) >= 11 is 0. The molecule has 2 N–H and O–H groups in total. The van der Waals surface area contributed by atoms with Crippen LogP contribution in [0.25, 0.3) is 32.8 Å². The molecule has 4 fully saturated rings. The van der Waals surface area contributed by atoms with E-state index in [0.717, 1.165) is 32.2 Å². The van der Waals surface area contributed by atoms with Crippen molar-refractivity contribution < 1.29 is 32.2 Å². The van der Waals surface area contributed by atoms with Crippen LogP contribution in [-0.4, -0.2) is 75.9 Å². The lowest BCUT2D eigenvalue weighted by Gasteiger charge is -2.49. The number of aromatic hydroxyl groups is 1. The van der Waals surface area contributed by atoms with Crippen molar-refractivity contribution in [3.05, 3.63) is 53.3 Å². The van der Waals surface area contributed by atoms with Gasteiger partial charge in [-0.1, -0.05) is 13.0 Å². The highest BCUT2D eigenvalue weighted by Crippen LogP contribution is 2.44. The zero-order valence-electron chi connectivity index (χ0n) is 26.7. The maximum atomic E-state index is 16.9. The molecule has 4 saturated heterocycles. The Morgan fingerprint density at radius 2 is 1.90 bits per heavy atom. The Morgan fingerprint density at radius 1 is 1.08 bits per heavy atom. The molecule has 0 bridgehead atoms. The molecule has 3 atom stereocenters. The zero-order valence-corrected chi connectivity index (χ0v) is 26.7.